The van der Waals surface area contributed by atoms with Gasteiger partial charge in [-0.05, 0) is 45.3 Å². The average molecular weight is 363 g/mol. The van der Waals surface area contributed by atoms with Crippen LogP contribution in [0.3, 0.4) is 0 Å². The first-order valence-corrected chi connectivity index (χ1v) is 8.75. The Balaban J connectivity index is 1.74. The Morgan fingerprint density at radius 1 is 1.11 bits per heavy atom. The molecule has 0 saturated carbocycles. The van der Waals surface area contributed by atoms with Crippen LogP contribution in [-0.4, -0.2) is 27.6 Å². The lowest BCUT2D eigenvalue weighted by molar-refractivity contribution is 0.649. The lowest BCUT2D eigenvalue weighted by Crippen LogP contribution is -2.34. The van der Waals surface area contributed by atoms with Gasteiger partial charge in [-0.1, -0.05) is 12.1 Å². The van der Waals surface area contributed by atoms with Gasteiger partial charge in [-0.15, -0.1) is 0 Å². The molecule has 3 aromatic heterocycles. The fourth-order valence-corrected chi connectivity index (χ4v) is 3.65. The van der Waals surface area contributed by atoms with Crippen LogP contribution in [0, 0.1) is 13.8 Å². The van der Waals surface area contributed by atoms with Crippen LogP contribution < -0.4 is 9.80 Å². The quantitative estimate of drug-likeness (QED) is 0.514. The van der Waals surface area contributed by atoms with Gasteiger partial charge in [0.05, 0.1) is 13.7 Å². The van der Waals surface area contributed by atoms with Gasteiger partial charge in [-0.25, -0.2) is 15.0 Å². The minimum Gasteiger partial charge on any atom is -0.435 e. The second-order valence-corrected chi connectivity index (χ2v) is 6.80. The maximum atomic E-state index is 8.62. The van der Waals surface area contributed by atoms with Gasteiger partial charge in [-0.3, -0.25) is 0 Å². The highest BCUT2D eigenvalue weighted by molar-refractivity contribution is 6.09. The third-order valence-corrected chi connectivity index (χ3v) is 4.95. The van der Waals surface area contributed by atoms with Gasteiger partial charge in [0, 0.05) is 39.0 Å². The van der Waals surface area contributed by atoms with Crippen LogP contribution in [0.15, 0.2) is 41.1 Å². The number of furan rings is 1. The van der Waals surface area contributed by atoms with Crippen molar-refractivity contribution in [1.29, 1.82) is 0 Å². The van der Waals surface area contributed by atoms with Gasteiger partial charge in [0.2, 0.25) is 5.71 Å². The molecule has 6 heteroatoms. The topological polar surface area (TPSA) is 58.3 Å². The van der Waals surface area contributed by atoms with E-state index >= 15 is 0 Å². The minimum atomic E-state index is -2.54. The van der Waals surface area contributed by atoms with Gasteiger partial charge in [-0.2, -0.15) is 0 Å². The van der Waals surface area contributed by atoms with E-state index in [1.54, 1.807) is 6.20 Å². The van der Waals surface area contributed by atoms with E-state index in [2.05, 4.69) is 15.0 Å². The molecule has 1 unspecified atom stereocenters. The normalized spacial score (nSPS) is 18.8. The number of benzene rings is 1. The summed E-state index contributed by atoms with van der Waals surface area (Å²) >= 11 is 0. The van der Waals surface area contributed by atoms with Crippen molar-refractivity contribution >= 4 is 39.4 Å². The van der Waals surface area contributed by atoms with E-state index in [9.17, 15) is 0 Å². The minimum absolute atomic E-state index is 0.112. The highest BCUT2D eigenvalue weighted by atomic mass is 16.3. The van der Waals surface area contributed by atoms with E-state index in [-0.39, 0.29) is 6.67 Å². The lowest BCUT2D eigenvalue weighted by atomic mass is 10.1. The monoisotopic (exact) mass is 363 g/mol. The number of pyridine rings is 1. The van der Waals surface area contributed by atoms with Crippen molar-refractivity contribution in [3.8, 4) is 0 Å². The smallest absolute Gasteiger partial charge is 0.227 e. The van der Waals surface area contributed by atoms with E-state index in [0.717, 1.165) is 27.7 Å². The van der Waals surface area contributed by atoms with Crippen LogP contribution in [0.1, 0.15) is 30.5 Å². The van der Waals surface area contributed by atoms with Crippen molar-refractivity contribution < 1.29 is 9.90 Å². The third kappa shape index (κ3) is 2.29. The van der Waals surface area contributed by atoms with Crippen LogP contribution in [0.2, 0.25) is 0 Å². The van der Waals surface area contributed by atoms with Crippen LogP contribution in [0.5, 0.6) is 0 Å². The van der Waals surface area contributed by atoms with Crippen molar-refractivity contribution in [3.63, 3.8) is 0 Å². The third-order valence-electron chi connectivity index (χ3n) is 4.95. The summed E-state index contributed by atoms with van der Waals surface area (Å²) < 4.78 is 38.5. The predicted molar refractivity (Wildman–Crippen MR) is 108 cm³/mol. The van der Waals surface area contributed by atoms with Crippen molar-refractivity contribution in [2.24, 2.45) is 0 Å². The summed E-state index contributed by atoms with van der Waals surface area (Å²) in [6.45, 7) is 2.82. The molecule has 0 amide bonds. The molecule has 0 spiro atoms. The van der Waals surface area contributed by atoms with Gasteiger partial charge in [0.25, 0.3) is 0 Å². The van der Waals surface area contributed by atoms with Gasteiger partial charge < -0.3 is 14.2 Å². The summed E-state index contributed by atoms with van der Waals surface area (Å²) in [7, 11) is 0. The first-order valence-electron chi connectivity index (χ1n) is 10.8. The fraction of sp³-hybridized carbons (Fsp3) is 0.286. The molecule has 1 aromatic carbocycles. The van der Waals surface area contributed by atoms with Crippen LogP contribution in [-0.2, 0) is 0 Å². The number of rotatable bonds is 2. The number of hydrogen-bond acceptors (Lipinski definition) is 6. The number of aromatic nitrogens is 3. The SMILES string of the molecule is [2H]C([2H])([2H])C([2H])(C)N1CN(c2c(C)ccc3c2oc2nc(C)ccc23)c2nccnc21. The maximum Gasteiger partial charge on any atom is 0.227 e. The number of anilines is 3. The molecule has 0 bridgehead atoms. The molecular weight excluding hydrogens is 338 g/mol. The molecule has 136 valence electrons. The molecule has 0 saturated heterocycles. The molecule has 0 radical (unpaired) electrons. The summed E-state index contributed by atoms with van der Waals surface area (Å²) in [5.41, 5.74) is 3.74. The molecule has 1 aliphatic heterocycles. The Hall–Kier alpha value is -3.15. The standard InChI is InChI=1S/C21H21N5O/c1-12(2)25-11-26(20-19(25)22-9-10-23-20)17-13(3)5-7-15-16-8-6-14(4)24-21(16)27-18(15)17/h5-10,12H,11H2,1-4H3/i1D3,12D. The van der Waals surface area contributed by atoms with Crippen LogP contribution in [0.4, 0.5) is 17.3 Å². The first-order chi connectivity index (χ1) is 14.6. The summed E-state index contributed by atoms with van der Waals surface area (Å²) in [4.78, 5) is 16.7. The molecule has 1 aliphatic rings. The van der Waals surface area contributed by atoms with Crippen molar-refractivity contribution in [3.05, 3.63) is 47.9 Å². The van der Waals surface area contributed by atoms with Gasteiger partial charge in [0.15, 0.2) is 17.2 Å². The fourth-order valence-electron chi connectivity index (χ4n) is 3.65. The molecule has 5 rings (SSSR count). The molecule has 27 heavy (non-hydrogen) atoms. The Bertz CT molecular complexity index is 1330. The highest BCUT2D eigenvalue weighted by Gasteiger charge is 2.33. The molecule has 1 atom stereocenters. The summed E-state index contributed by atoms with van der Waals surface area (Å²) in [5.74, 6) is 0.850. The Morgan fingerprint density at radius 2 is 1.89 bits per heavy atom. The molecule has 4 heterocycles. The van der Waals surface area contributed by atoms with Crippen LogP contribution in [0.25, 0.3) is 22.1 Å². The predicted octanol–water partition coefficient (Wildman–Crippen LogP) is 4.71. The second-order valence-electron chi connectivity index (χ2n) is 6.80. The van der Waals surface area contributed by atoms with Gasteiger partial charge >= 0.3 is 0 Å². The van der Waals surface area contributed by atoms with E-state index in [4.69, 9.17) is 9.90 Å². The summed E-state index contributed by atoms with van der Waals surface area (Å²) in [5, 5.41) is 1.82. The number of nitrogens with zero attached hydrogens (tertiary/aromatic N) is 5. The number of hydrogen-bond donors (Lipinski definition) is 0. The first kappa shape index (κ1) is 12.3. The molecule has 6 nitrogen and oxygen atoms in total. The van der Waals surface area contributed by atoms with Crippen LogP contribution >= 0.6 is 0 Å². The molecule has 0 fully saturated rings. The van der Waals surface area contributed by atoms with E-state index in [1.165, 1.54) is 18.0 Å². The Labute approximate surface area is 163 Å². The highest BCUT2D eigenvalue weighted by Crippen LogP contribution is 2.44. The summed E-state index contributed by atoms with van der Waals surface area (Å²) in [6.07, 6.45) is 3.07. The molecule has 4 aromatic rings. The summed E-state index contributed by atoms with van der Waals surface area (Å²) in [6, 6.07) is 6.04. The number of fused-ring (bicyclic) bond motifs is 4. The lowest BCUT2D eigenvalue weighted by Gasteiger charge is -2.24. The molecular formula is C21H21N5O. The largest absolute Gasteiger partial charge is 0.435 e. The van der Waals surface area contributed by atoms with E-state index < -0.39 is 12.9 Å². The Kier molecular flexibility index (Phi) is 2.58. The van der Waals surface area contributed by atoms with E-state index in [0.29, 0.717) is 22.9 Å². The molecule has 0 N–H and O–H groups in total. The maximum absolute atomic E-state index is 8.62. The average Bonchev–Trinajstić information content (AvgIpc) is 3.25. The molecule has 0 aliphatic carbocycles. The zero-order valence-corrected chi connectivity index (χ0v) is 15.3. The van der Waals surface area contributed by atoms with Gasteiger partial charge in [0.1, 0.15) is 0 Å². The van der Waals surface area contributed by atoms with Crippen molar-refractivity contribution in [2.75, 3.05) is 16.5 Å². The van der Waals surface area contributed by atoms with E-state index in [1.807, 2.05) is 43.0 Å². The van der Waals surface area contributed by atoms with Crippen molar-refractivity contribution in [1.82, 2.24) is 15.0 Å². The zero-order valence-electron chi connectivity index (χ0n) is 19.3. The number of aryl methyl sites for hydroxylation is 2. The Morgan fingerprint density at radius 3 is 2.70 bits per heavy atom. The van der Waals surface area contributed by atoms with Crippen molar-refractivity contribution in [2.45, 2.75) is 33.6 Å². The zero-order chi connectivity index (χ0) is 22.1. The second kappa shape index (κ2) is 5.67.